The predicted molar refractivity (Wildman–Crippen MR) is 103 cm³/mol. The highest BCUT2D eigenvalue weighted by molar-refractivity contribution is 5.92. The van der Waals surface area contributed by atoms with E-state index in [0.29, 0.717) is 28.4 Å². The van der Waals surface area contributed by atoms with E-state index in [1.54, 1.807) is 42.9 Å². The van der Waals surface area contributed by atoms with Gasteiger partial charge in [0.2, 0.25) is 5.91 Å². The minimum Gasteiger partial charge on any atom is -0.355 e. The Labute approximate surface area is 160 Å². The summed E-state index contributed by atoms with van der Waals surface area (Å²) in [5, 5.41) is 6.90. The Balaban J connectivity index is 1.90. The lowest BCUT2D eigenvalue weighted by molar-refractivity contribution is -0.114. The van der Waals surface area contributed by atoms with Gasteiger partial charge in [-0.1, -0.05) is 17.3 Å². The smallest absolute Gasteiger partial charge is 0.222 e. The van der Waals surface area contributed by atoms with Gasteiger partial charge >= 0.3 is 0 Å². The van der Waals surface area contributed by atoms with E-state index in [-0.39, 0.29) is 11.7 Å². The Morgan fingerprint density at radius 3 is 2.39 bits per heavy atom. The van der Waals surface area contributed by atoms with Gasteiger partial charge in [0.15, 0.2) is 5.76 Å². The number of halogens is 1. The molecule has 4 rings (SSSR count). The summed E-state index contributed by atoms with van der Waals surface area (Å²) in [5.74, 6) is 0.340. The lowest BCUT2D eigenvalue weighted by atomic mass is 9.97. The molecule has 0 saturated heterocycles. The molecule has 1 aromatic carbocycles. The predicted octanol–water partition coefficient (Wildman–Crippen LogP) is 4.56. The van der Waals surface area contributed by atoms with E-state index < -0.39 is 0 Å². The fraction of sp³-hybridized carbons (Fsp3) is 0.0476. The summed E-state index contributed by atoms with van der Waals surface area (Å²) >= 11 is 0. The molecule has 1 N–H and O–H groups in total. The number of hydrogen-bond donors (Lipinski definition) is 1. The average molecular weight is 374 g/mol. The maximum Gasteiger partial charge on any atom is 0.222 e. The topological polar surface area (TPSA) is 80.9 Å². The normalized spacial score (nSPS) is 10.6. The molecule has 0 aliphatic heterocycles. The van der Waals surface area contributed by atoms with Crippen LogP contribution in [0.3, 0.4) is 0 Å². The van der Waals surface area contributed by atoms with Crippen LogP contribution in [-0.4, -0.2) is 21.0 Å². The molecule has 7 heteroatoms. The van der Waals surface area contributed by atoms with Gasteiger partial charge in [0, 0.05) is 36.6 Å². The maximum absolute atomic E-state index is 13.5. The largest absolute Gasteiger partial charge is 0.355 e. The molecule has 0 fully saturated rings. The quantitative estimate of drug-likeness (QED) is 0.566. The SMILES string of the molecule is CC(=O)Nc1cc(-c2onc(-c3ccncc3)c2-c2ccc(F)cc2)ccn1. The van der Waals surface area contributed by atoms with Crippen LogP contribution in [0, 0.1) is 5.82 Å². The van der Waals surface area contributed by atoms with Gasteiger partial charge in [-0.2, -0.15) is 0 Å². The first-order valence-electron chi connectivity index (χ1n) is 8.52. The number of carbonyl (C=O) groups excluding carboxylic acids is 1. The molecule has 138 valence electrons. The Morgan fingerprint density at radius 2 is 1.68 bits per heavy atom. The van der Waals surface area contributed by atoms with Gasteiger partial charge in [-0.15, -0.1) is 0 Å². The summed E-state index contributed by atoms with van der Waals surface area (Å²) in [6.45, 7) is 1.41. The van der Waals surface area contributed by atoms with Crippen molar-refractivity contribution in [2.24, 2.45) is 0 Å². The number of rotatable bonds is 4. The number of benzene rings is 1. The van der Waals surface area contributed by atoms with Crippen molar-refractivity contribution in [3.05, 3.63) is 72.9 Å². The van der Waals surface area contributed by atoms with Crippen molar-refractivity contribution >= 4 is 11.7 Å². The Morgan fingerprint density at radius 1 is 0.964 bits per heavy atom. The van der Waals surface area contributed by atoms with E-state index in [9.17, 15) is 9.18 Å². The monoisotopic (exact) mass is 374 g/mol. The third kappa shape index (κ3) is 3.50. The van der Waals surface area contributed by atoms with Crippen LogP contribution in [-0.2, 0) is 4.79 Å². The maximum atomic E-state index is 13.5. The number of pyridine rings is 2. The Bertz CT molecular complexity index is 1120. The van der Waals surface area contributed by atoms with Crippen LogP contribution in [0.1, 0.15) is 6.92 Å². The summed E-state index contributed by atoms with van der Waals surface area (Å²) in [6.07, 6.45) is 4.91. The van der Waals surface area contributed by atoms with Gasteiger partial charge < -0.3 is 9.84 Å². The highest BCUT2D eigenvalue weighted by Crippen LogP contribution is 2.40. The van der Waals surface area contributed by atoms with Crippen LogP contribution in [0.2, 0.25) is 0 Å². The van der Waals surface area contributed by atoms with Gasteiger partial charge in [0.25, 0.3) is 0 Å². The van der Waals surface area contributed by atoms with Crippen molar-refractivity contribution in [2.75, 3.05) is 5.32 Å². The van der Waals surface area contributed by atoms with Crippen molar-refractivity contribution in [2.45, 2.75) is 6.92 Å². The molecule has 0 atom stereocenters. The molecule has 3 heterocycles. The van der Waals surface area contributed by atoms with Crippen molar-refractivity contribution in [3.8, 4) is 33.7 Å². The fourth-order valence-electron chi connectivity index (χ4n) is 2.90. The summed E-state index contributed by atoms with van der Waals surface area (Å²) in [4.78, 5) is 19.5. The second kappa shape index (κ2) is 7.40. The fourth-order valence-corrected chi connectivity index (χ4v) is 2.90. The van der Waals surface area contributed by atoms with Crippen molar-refractivity contribution in [3.63, 3.8) is 0 Å². The van der Waals surface area contributed by atoms with E-state index in [1.807, 2.05) is 12.1 Å². The molecule has 6 nitrogen and oxygen atoms in total. The van der Waals surface area contributed by atoms with Gasteiger partial charge in [0.1, 0.15) is 17.3 Å². The zero-order valence-electron chi connectivity index (χ0n) is 14.9. The van der Waals surface area contributed by atoms with Crippen molar-refractivity contribution < 1.29 is 13.7 Å². The average Bonchev–Trinajstić information content (AvgIpc) is 3.14. The number of hydrogen-bond acceptors (Lipinski definition) is 5. The number of nitrogens with one attached hydrogen (secondary N) is 1. The minimum atomic E-state index is -0.330. The summed E-state index contributed by atoms with van der Waals surface area (Å²) in [5.41, 5.74) is 3.58. The van der Waals surface area contributed by atoms with Crippen LogP contribution < -0.4 is 5.32 Å². The van der Waals surface area contributed by atoms with E-state index >= 15 is 0 Å². The van der Waals surface area contributed by atoms with Gasteiger partial charge in [0.05, 0.1) is 5.56 Å². The minimum absolute atomic E-state index is 0.224. The highest BCUT2D eigenvalue weighted by atomic mass is 19.1. The third-order valence-corrected chi connectivity index (χ3v) is 4.10. The summed E-state index contributed by atoms with van der Waals surface area (Å²) in [7, 11) is 0. The molecule has 0 unspecified atom stereocenters. The standard InChI is InChI=1S/C21H15FN4O2/c1-13(27)25-18-12-16(8-11-24-18)21-19(14-2-4-17(22)5-3-14)20(26-28-21)15-6-9-23-10-7-15/h2-12H,1H3,(H,24,25,27). The molecule has 0 radical (unpaired) electrons. The van der Waals surface area contributed by atoms with Crippen molar-refractivity contribution in [1.82, 2.24) is 15.1 Å². The van der Waals surface area contributed by atoms with Gasteiger partial charge in [-0.25, -0.2) is 9.37 Å². The lowest BCUT2D eigenvalue weighted by Gasteiger charge is -2.07. The summed E-state index contributed by atoms with van der Waals surface area (Å²) < 4.78 is 19.1. The van der Waals surface area contributed by atoms with E-state index in [0.717, 1.165) is 11.1 Å². The molecule has 0 bridgehead atoms. The molecule has 0 aliphatic rings. The van der Waals surface area contributed by atoms with Crippen LogP contribution in [0.25, 0.3) is 33.7 Å². The Hall–Kier alpha value is -3.87. The first-order valence-corrected chi connectivity index (χ1v) is 8.52. The van der Waals surface area contributed by atoms with E-state index in [4.69, 9.17) is 4.52 Å². The highest BCUT2D eigenvalue weighted by Gasteiger charge is 2.21. The summed E-state index contributed by atoms with van der Waals surface area (Å²) in [6, 6.07) is 13.2. The molecule has 3 aromatic heterocycles. The van der Waals surface area contributed by atoms with E-state index in [2.05, 4.69) is 20.4 Å². The molecule has 0 spiro atoms. The molecule has 1 amide bonds. The molecule has 0 saturated carbocycles. The van der Waals surface area contributed by atoms with Gasteiger partial charge in [-0.05, 0) is 42.0 Å². The molecule has 28 heavy (non-hydrogen) atoms. The third-order valence-electron chi connectivity index (χ3n) is 4.10. The lowest BCUT2D eigenvalue weighted by Crippen LogP contribution is -2.07. The van der Waals surface area contributed by atoms with Crippen LogP contribution in [0.4, 0.5) is 10.2 Å². The van der Waals surface area contributed by atoms with Crippen LogP contribution in [0.5, 0.6) is 0 Å². The van der Waals surface area contributed by atoms with Gasteiger partial charge in [-0.3, -0.25) is 9.78 Å². The van der Waals surface area contributed by atoms with Crippen LogP contribution >= 0.6 is 0 Å². The first kappa shape index (κ1) is 17.5. The first-order chi connectivity index (χ1) is 13.6. The molecular formula is C21H15FN4O2. The van der Waals surface area contributed by atoms with Crippen molar-refractivity contribution in [1.29, 1.82) is 0 Å². The number of amides is 1. The Kier molecular flexibility index (Phi) is 4.63. The molecule has 0 aliphatic carbocycles. The second-order valence-electron chi connectivity index (χ2n) is 6.09. The number of nitrogens with zero attached hydrogens (tertiary/aromatic N) is 3. The number of carbonyl (C=O) groups is 1. The zero-order chi connectivity index (χ0) is 19.5. The number of aromatic nitrogens is 3. The number of anilines is 1. The zero-order valence-corrected chi connectivity index (χ0v) is 14.9. The van der Waals surface area contributed by atoms with E-state index in [1.165, 1.54) is 19.1 Å². The molecule has 4 aromatic rings. The molecular weight excluding hydrogens is 359 g/mol. The van der Waals surface area contributed by atoms with Crippen LogP contribution in [0.15, 0.2) is 71.6 Å². The second-order valence-corrected chi connectivity index (χ2v) is 6.09.